The molecule has 104 valence electrons. The van der Waals surface area contributed by atoms with Crippen LogP contribution in [0, 0.1) is 10.1 Å². The van der Waals surface area contributed by atoms with E-state index in [4.69, 9.17) is 5.73 Å². The highest BCUT2D eigenvalue weighted by atomic mass is 16.6. The average molecular weight is 267 g/mol. The maximum Gasteiger partial charge on any atom is 0.296 e. The molecular formula is C12H17N3O4. The quantitative estimate of drug-likeness (QED) is 0.301. The lowest BCUT2D eigenvalue weighted by Gasteiger charge is -2.07. The van der Waals surface area contributed by atoms with Crippen LogP contribution < -0.4 is 11.1 Å². The number of para-hydroxylation sites is 1. The maximum absolute atomic E-state index is 11.6. The molecule has 7 nitrogen and oxygen atoms in total. The van der Waals surface area contributed by atoms with E-state index in [1.165, 1.54) is 18.2 Å². The summed E-state index contributed by atoms with van der Waals surface area (Å²) >= 11 is 0. The summed E-state index contributed by atoms with van der Waals surface area (Å²) in [6, 6.07) is 3.87. The third-order valence-electron chi connectivity index (χ3n) is 2.59. The number of hydrogen-bond donors (Lipinski definition) is 3. The molecule has 7 heteroatoms. The molecule has 0 unspecified atom stereocenters. The molecule has 0 aromatic heterocycles. The summed E-state index contributed by atoms with van der Waals surface area (Å²) in [4.78, 5) is 21.8. The molecule has 0 bridgehead atoms. The Morgan fingerprint density at radius 1 is 1.37 bits per heavy atom. The lowest BCUT2D eigenvalue weighted by Crippen LogP contribution is -2.12. The van der Waals surface area contributed by atoms with E-state index in [0.29, 0.717) is 13.0 Å². The van der Waals surface area contributed by atoms with Gasteiger partial charge in [0.2, 0.25) is 5.91 Å². The highest BCUT2D eigenvalue weighted by molar-refractivity contribution is 5.94. The number of nitrogens with zero attached hydrogens (tertiary/aromatic N) is 1. The lowest BCUT2D eigenvalue weighted by atomic mass is 10.2. The van der Waals surface area contributed by atoms with Crippen molar-refractivity contribution in [1.29, 1.82) is 0 Å². The molecule has 0 atom stereocenters. The maximum atomic E-state index is 11.6. The number of nitro groups is 1. The van der Waals surface area contributed by atoms with Crippen molar-refractivity contribution < 1.29 is 14.8 Å². The number of unbranched alkanes of at least 4 members (excludes halogenated alkanes) is 2. The van der Waals surface area contributed by atoms with Crippen molar-refractivity contribution in [3.63, 3.8) is 0 Å². The molecule has 0 heterocycles. The van der Waals surface area contributed by atoms with Crippen LogP contribution in [0.2, 0.25) is 0 Å². The van der Waals surface area contributed by atoms with E-state index >= 15 is 0 Å². The molecule has 0 radical (unpaired) electrons. The number of benzene rings is 1. The van der Waals surface area contributed by atoms with Gasteiger partial charge in [0.1, 0.15) is 5.75 Å². The van der Waals surface area contributed by atoms with E-state index < -0.39 is 4.92 Å². The fraction of sp³-hybridized carbons (Fsp3) is 0.417. The lowest BCUT2D eigenvalue weighted by molar-refractivity contribution is -0.384. The van der Waals surface area contributed by atoms with Gasteiger partial charge in [0, 0.05) is 12.5 Å². The molecule has 1 aromatic carbocycles. The number of phenols is 1. The molecule has 0 spiro atoms. The molecule has 1 amide bonds. The van der Waals surface area contributed by atoms with Gasteiger partial charge in [-0.25, -0.2) is 0 Å². The van der Waals surface area contributed by atoms with E-state index in [1.54, 1.807) is 0 Å². The highest BCUT2D eigenvalue weighted by Crippen LogP contribution is 2.33. The molecule has 4 N–H and O–H groups in total. The van der Waals surface area contributed by atoms with E-state index in [2.05, 4.69) is 5.32 Å². The van der Waals surface area contributed by atoms with Crippen LogP contribution in [-0.4, -0.2) is 22.5 Å². The number of carbonyl (C=O) groups excluding carboxylic acids is 1. The molecule has 0 saturated heterocycles. The standard InChI is InChI=1S/C12H17N3O4/c13-8-3-1-2-7-11(17)14-12-9(15(18)19)5-4-6-10(12)16/h4-6,16H,1-3,7-8,13H2,(H,14,17). The number of carbonyl (C=O) groups is 1. The van der Waals surface area contributed by atoms with Crippen LogP contribution in [0.25, 0.3) is 0 Å². The number of nitrogens with one attached hydrogen (secondary N) is 1. The van der Waals surface area contributed by atoms with Gasteiger partial charge in [-0.1, -0.05) is 12.5 Å². The molecule has 0 aliphatic rings. The average Bonchev–Trinajstić information content (AvgIpc) is 2.37. The first-order chi connectivity index (χ1) is 9.06. The number of aromatic hydroxyl groups is 1. The zero-order valence-corrected chi connectivity index (χ0v) is 10.5. The fourth-order valence-corrected chi connectivity index (χ4v) is 1.62. The number of hydrogen-bond acceptors (Lipinski definition) is 5. The van der Waals surface area contributed by atoms with Crippen LogP contribution in [0.5, 0.6) is 5.75 Å². The molecule has 19 heavy (non-hydrogen) atoms. The Morgan fingerprint density at radius 2 is 2.11 bits per heavy atom. The zero-order chi connectivity index (χ0) is 14.3. The van der Waals surface area contributed by atoms with Crippen molar-refractivity contribution in [2.75, 3.05) is 11.9 Å². The van der Waals surface area contributed by atoms with E-state index in [1.807, 2.05) is 0 Å². The van der Waals surface area contributed by atoms with Crippen LogP contribution >= 0.6 is 0 Å². The third kappa shape index (κ3) is 4.55. The fourth-order valence-electron chi connectivity index (χ4n) is 1.62. The van der Waals surface area contributed by atoms with Gasteiger partial charge in [0.25, 0.3) is 5.69 Å². The molecule has 1 rings (SSSR count). The van der Waals surface area contributed by atoms with Crippen LogP contribution in [-0.2, 0) is 4.79 Å². The SMILES string of the molecule is NCCCCCC(=O)Nc1c(O)cccc1[N+](=O)[O-]. The molecular weight excluding hydrogens is 250 g/mol. The zero-order valence-electron chi connectivity index (χ0n) is 10.5. The van der Waals surface area contributed by atoms with Crippen molar-refractivity contribution in [2.45, 2.75) is 25.7 Å². The Bertz CT molecular complexity index is 462. The molecule has 1 aromatic rings. The van der Waals surface area contributed by atoms with Crippen molar-refractivity contribution in [2.24, 2.45) is 5.73 Å². The second-order valence-corrected chi connectivity index (χ2v) is 4.08. The van der Waals surface area contributed by atoms with Crippen LogP contribution in [0.4, 0.5) is 11.4 Å². The van der Waals surface area contributed by atoms with Gasteiger partial charge in [-0.3, -0.25) is 14.9 Å². The van der Waals surface area contributed by atoms with Crippen LogP contribution in [0.1, 0.15) is 25.7 Å². The molecule has 0 saturated carbocycles. The Morgan fingerprint density at radius 3 is 2.74 bits per heavy atom. The minimum atomic E-state index is -0.649. The largest absolute Gasteiger partial charge is 0.505 e. The highest BCUT2D eigenvalue weighted by Gasteiger charge is 2.19. The van der Waals surface area contributed by atoms with Crippen molar-refractivity contribution in [1.82, 2.24) is 0 Å². The topological polar surface area (TPSA) is 118 Å². The monoisotopic (exact) mass is 267 g/mol. The van der Waals surface area contributed by atoms with Gasteiger partial charge in [-0.15, -0.1) is 0 Å². The van der Waals surface area contributed by atoms with Crippen LogP contribution in [0.3, 0.4) is 0 Å². The van der Waals surface area contributed by atoms with Gasteiger partial charge >= 0.3 is 0 Å². The first kappa shape index (κ1) is 14.9. The van der Waals surface area contributed by atoms with Gasteiger partial charge in [0.05, 0.1) is 4.92 Å². The molecule has 0 fully saturated rings. The summed E-state index contributed by atoms with van der Waals surface area (Å²) in [6.45, 7) is 0.576. The normalized spacial score (nSPS) is 10.2. The summed E-state index contributed by atoms with van der Waals surface area (Å²) < 4.78 is 0. The first-order valence-electron chi connectivity index (χ1n) is 6.02. The predicted octanol–water partition coefficient (Wildman–Crippen LogP) is 1.76. The van der Waals surface area contributed by atoms with Crippen molar-refractivity contribution in [3.8, 4) is 5.75 Å². The Labute approximate surface area is 110 Å². The van der Waals surface area contributed by atoms with Gasteiger partial charge < -0.3 is 16.2 Å². The number of anilines is 1. The summed E-state index contributed by atoms with van der Waals surface area (Å²) in [6.07, 6.45) is 2.56. The second kappa shape index (κ2) is 7.32. The molecule has 0 aliphatic carbocycles. The summed E-state index contributed by atoms with van der Waals surface area (Å²) in [5.74, 6) is -0.675. The number of rotatable bonds is 7. The van der Waals surface area contributed by atoms with Gasteiger partial charge in [0.15, 0.2) is 5.69 Å². The second-order valence-electron chi connectivity index (χ2n) is 4.08. The third-order valence-corrected chi connectivity index (χ3v) is 2.59. The summed E-state index contributed by atoms with van der Waals surface area (Å²) in [5, 5.41) is 22.7. The van der Waals surface area contributed by atoms with Gasteiger partial charge in [-0.2, -0.15) is 0 Å². The Kier molecular flexibility index (Phi) is 5.74. The summed E-state index contributed by atoms with van der Waals surface area (Å²) in [5.41, 5.74) is 4.85. The van der Waals surface area contributed by atoms with Crippen LogP contribution in [0.15, 0.2) is 18.2 Å². The number of phenolic OH excluding ortho intramolecular Hbond substituents is 1. The molecule has 0 aliphatic heterocycles. The van der Waals surface area contributed by atoms with E-state index in [9.17, 15) is 20.0 Å². The minimum absolute atomic E-state index is 0.156. The number of amides is 1. The first-order valence-corrected chi connectivity index (χ1v) is 6.02. The summed E-state index contributed by atoms with van der Waals surface area (Å²) in [7, 11) is 0. The Hall–Kier alpha value is -2.15. The number of nitrogens with two attached hydrogens (primary N) is 1. The van der Waals surface area contributed by atoms with Crippen molar-refractivity contribution in [3.05, 3.63) is 28.3 Å². The minimum Gasteiger partial charge on any atom is -0.505 e. The smallest absolute Gasteiger partial charge is 0.296 e. The number of nitro benzene ring substituents is 1. The van der Waals surface area contributed by atoms with Crippen molar-refractivity contribution >= 4 is 17.3 Å². The predicted molar refractivity (Wildman–Crippen MR) is 70.9 cm³/mol. The van der Waals surface area contributed by atoms with E-state index in [0.717, 1.165) is 12.8 Å². The van der Waals surface area contributed by atoms with Gasteiger partial charge in [-0.05, 0) is 25.5 Å². The Balaban J connectivity index is 2.66. The van der Waals surface area contributed by atoms with E-state index in [-0.39, 0.29) is 29.5 Å².